The summed E-state index contributed by atoms with van der Waals surface area (Å²) in [5, 5.41) is 0. The molecule has 13 heavy (non-hydrogen) atoms. The van der Waals surface area contributed by atoms with E-state index in [1.807, 2.05) is 0 Å². The van der Waals surface area contributed by atoms with Crippen molar-refractivity contribution in [3.8, 4) is 0 Å². The minimum absolute atomic E-state index is 0.00116. The van der Waals surface area contributed by atoms with Gasteiger partial charge >= 0.3 is 0 Å². The van der Waals surface area contributed by atoms with Crippen LogP contribution in [0.5, 0.6) is 0 Å². The molecule has 0 unspecified atom stereocenters. The summed E-state index contributed by atoms with van der Waals surface area (Å²) >= 11 is 0. The highest BCUT2D eigenvalue weighted by atomic mass is 16.2. The molecular formula is C10H15NO2. The molecule has 0 N–H and O–H groups in total. The third-order valence-corrected chi connectivity index (χ3v) is 3.32. The maximum atomic E-state index is 11.7. The molecule has 2 aliphatic carbocycles. The predicted octanol–water partition coefficient (Wildman–Crippen LogP) is 0.690. The Labute approximate surface area is 78.1 Å². The van der Waals surface area contributed by atoms with Crippen molar-refractivity contribution < 1.29 is 9.59 Å². The highest BCUT2D eigenvalue weighted by molar-refractivity contribution is 5.91. The molecule has 0 spiro atoms. The molecule has 0 saturated heterocycles. The molecule has 2 saturated carbocycles. The summed E-state index contributed by atoms with van der Waals surface area (Å²) in [6, 6.07) is 0. The first-order valence-corrected chi connectivity index (χ1v) is 4.83. The third-order valence-electron chi connectivity index (χ3n) is 3.32. The van der Waals surface area contributed by atoms with Gasteiger partial charge in [-0.3, -0.25) is 9.59 Å². The second-order valence-corrected chi connectivity index (χ2v) is 4.45. The summed E-state index contributed by atoms with van der Waals surface area (Å²) in [7, 11) is 3.53. The van der Waals surface area contributed by atoms with E-state index in [-0.39, 0.29) is 17.7 Å². The van der Waals surface area contributed by atoms with Gasteiger partial charge < -0.3 is 4.90 Å². The monoisotopic (exact) mass is 181 g/mol. The Balaban J connectivity index is 2.11. The van der Waals surface area contributed by atoms with Gasteiger partial charge in [0.05, 0.1) is 0 Å². The van der Waals surface area contributed by atoms with Gasteiger partial charge in [-0.25, -0.2) is 0 Å². The van der Waals surface area contributed by atoms with Crippen LogP contribution >= 0.6 is 0 Å². The summed E-state index contributed by atoms with van der Waals surface area (Å²) in [6.07, 6.45) is 2.62. The molecule has 0 radical (unpaired) electrons. The first kappa shape index (κ1) is 8.73. The Bertz CT molecular complexity index is 260. The average molecular weight is 181 g/mol. The number of amides is 1. The molecule has 3 heteroatoms. The predicted molar refractivity (Wildman–Crippen MR) is 48.0 cm³/mol. The summed E-state index contributed by atoms with van der Waals surface area (Å²) in [5.41, 5.74) is 0. The van der Waals surface area contributed by atoms with Crippen LogP contribution in [0.3, 0.4) is 0 Å². The fraction of sp³-hybridized carbons (Fsp3) is 0.800. The van der Waals surface area contributed by atoms with Crippen LogP contribution in [0.1, 0.15) is 19.3 Å². The van der Waals surface area contributed by atoms with Crippen molar-refractivity contribution >= 4 is 11.7 Å². The Morgan fingerprint density at radius 2 is 2.08 bits per heavy atom. The SMILES string of the molecule is CN(C)C(=O)[C@H]1C[C@H]2CC(=O)[C@@H]1C2. The van der Waals surface area contributed by atoms with E-state index in [0.717, 1.165) is 19.3 Å². The van der Waals surface area contributed by atoms with Gasteiger partial charge in [-0.2, -0.15) is 0 Å². The molecule has 2 fully saturated rings. The average Bonchev–Trinajstić information content (AvgIpc) is 2.60. The van der Waals surface area contributed by atoms with Crippen molar-refractivity contribution in [1.82, 2.24) is 4.90 Å². The molecule has 2 aliphatic rings. The van der Waals surface area contributed by atoms with Crippen LogP contribution in [-0.4, -0.2) is 30.7 Å². The van der Waals surface area contributed by atoms with E-state index in [4.69, 9.17) is 0 Å². The van der Waals surface area contributed by atoms with Gasteiger partial charge in [0, 0.05) is 32.4 Å². The molecule has 1 amide bonds. The molecule has 72 valence electrons. The number of fused-ring (bicyclic) bond motifs is 2. The van der Waals surface area contributed by atoms with E-state index in [9.17, 15) is 9.59 Å². The molecule has 0 aromatic carbocycles. The number of rotatable bonds is 1. The molecule has 2 rings (SSSR count). The van der Waals surface area contributed by atoms with Crippen LogP contribution in [0.15, 0.2) is 0 Å². The quantitative estimate of drug-likeness (QED) is 0.597. The number of hydrogen-bond donors (Lipinski definition) is 0. The highest BCUT2D eigenvalue weighted by Crippen LogP contribution is 2.46. The first-order valence-electron chi connectivity index (χ1n) is 4.83. The number of nitrogens with zero attached hydrogens (tertiary/aromatic N) is 1. The summed E-state index contributed by atoms with van der Waals surface area (Å²) in [5.74, 6) is 1.02. The van der Waals surface area contributed by atoms with Crippen molar-refractivity contribution in [2.45, 2.75) is 19.3 Å². The lowest BCUT2D eigenvalue weighted by atomic mass is 9.87. The summed E-state index contributed by atoms with van der Waals surface area (Å²) < 4.78 is 0. The lowest BCUT2D eigenvalue weighted by molar-refractivity contribution is -0.138. The molecule has 0 heterocycles. The largest absolute Gasteiger partial charge is 0.349 e. The van der Waals surface area contributed by atoms with Crippen LogP contribution in [0, 0.1) is 17.8 Å². The molecule has 3 atom stereocenters. The standard InChI is InChI=1S/C10H15NO2/c1-11(2)10(13)8-4-6-3-7(8)9(12)5-6/h6-8H,3-5H2,1-2H3/t6-,7+,8-/m0/s1. The Morgan fingerprint density at radius 3 is 2.54 bits per heavy atom. The van der Waals surface area contributed by atoms with Gasteiger partial charge in [0.2, 0.25) is 5.91 Å². The maximum Gasteiger partial charge on any atom is 0.225 e. The van der Waals surface area contributed by atoms with Gasteiger partial charge in [-0.1, -0.05) is 0 Å². The highest BCUT2D eigenvalue weighted by Gasteiger charge is 2.48. The zero-order valence-electron chi connectivity index (χ0n) is 8.12. The minimum Gasteiger partial charge on any atom is -0.349 e. The van der Waals surface area contributed by atoms with Crippen LogP contribution in [-0.2, 0) is 9.59 Å². The van der Waals surface area contributed by atoms with Crippen LogP contribution < -0.4 is 0 Å². The molecule has 0 aliphatic heterocycles. The van der Waals surface area contributed by atoms with Gasteiger partial charge in [-0.05, 0) is 18.8 Å². The molecule has 0 aromatic heterocycles. The van der Waals surface area contributed by atoms with Crippen LogP contribution in [0.4, 0.5) is 0 Å². The molecule has 2 bridgehead atoms. The normalized spacial score (nSPS) is 36.8. The second kappa shape index (κ2) is 2.82. The van der Waals surface area contributed by atoms with E-state index in [1.54, 1.807) is 19.0 Å². The Morgan fingerprint density at radius 1 is 1.38 bits per heavy atom. The fourth-order valence-corrected chi connectivity index (χ4v) is 2.71. The Hall–Kier alpha value is -0.860. The lowest BCUT2D eigenvalue weighted by Crippen LogP contribution is -2.35. The zero-order valence-corrected chi connectivity index (χ0v) is 8.12. The topological polar surface area (TPSA) is 37.4 Å². The number of carbonyl (C=O) groups excluding carboxylic acids is 2. The second-order valence-electron chi connectivity index (χ2n) is 4.45. The third kappa shape index (κ3) is 1.26. The van der Waals surface area contributed by atoms with Crippen LogP contribution in [0.25, 0.3) is 0 Å². The van der Waals surface area contributed by atoms with E-state index in [2.05, 4.69) is 0 Å². The van der Waals surface area contributed by atoms with Crippen molar-refractivity contribution in [1.29, 1.82) is 0 Å². The summed E-state index contributed by atoms with van der Waals surface area (Å²) in [6.45, 7) is 0. The fourth-order valence-electron chi connectivity index (χ4n) is 2.71. The van der Waals surface area contributed by atoms with Crippen molar-refractivity contribution in [2.24, 2.45) is 17.8 Å². The molecule has 3 nitrogen and oxygen atoms in total. The van der Waals surface area contributed by atoms with Gasteiger partial charge in [0.25, 0.3) is 0 Å². The number of ketones is 1. The van der Waals surface area contributed by atoms with E-state index in [0.29, 0.717) is 11.7 Å². The number of Topliss-reactive ketones (excluding diaryl/α,β-unsaturated/α-hetero) is 1. The molecule has 0 aromatic rings. The Kier molecular flexibility index (Phi) is 1.90. The summed E-state index contributed by atoms with van der Waals surface area (Å²) in [4.78, 5) is 24.7. The van der Waals surface area contributed by atoms with Gasteiger partial charge in [0.1, 0.15) is 5.78 Å². The number of carbonyl (C=O) groups is 2. The van der Waals surface area contributed by atoms with Crippen molar-refractivity contribution in [2.75, 3.05) is 14.1 Å². The maximum absolute atomic E-state index is 11.7. The lowest BCUT2D eigenvalue weighted by Gasteiger charge is -2.23. The minimum atomic E-state index is 0.00116. The number of hydrogen-bond acceptors (Lipinski definition) is 2. The molecular weight excluding hydrogens is 166 g/mol. The first-order chi connectivity index (χ1) is 6.09. The van der Waals surface area contributed by atoms with Crippen molar-refractivity contribution in [3.05, 3.63) is 0 Å². The van der Waals surface area contributed by atoms with Crippen molar-refractivity contribution in [3.63, 3.8) is 0 Å². The smallest absolute Gasteiger partial charge is 0.225 e. The van der Waals surface area contributed by atoms with E-state index < -0.39 is 0 Å². The van der Waals surface area contributed by atoms with Gasteiger partial charge in [-0.15, -0.1) is 0 Å². The zero-order chi connectivity index (χ0) is 9.59. The van der Waals surface area contributed by atoms with E-state index >= 15 is 0 Å². The van der Waals surface area contributed by atoms with E-state index in [1.165, 1.54) is 0 Å². The van der Waals surface area contributed by atoms with Gasteiger partial charge in [0.15, 0.2) is 0 Å². The van der Waals surface area contributed by atoms with Crippen LogP contribution in [0.2, 0.25) is 0 Å².